The molecule has 4 nitrogen and oxygen atoms in total. The summed E-state index contributed by atoms with van der Waals surface area (Å²) in [5.41, 5.74) is 6.72. The van der Waals surface area contributed by atoms with Crippen LogP contribution in [0.4, 0.5) is 0 Å². The molecule has 0 radical (unpaired) electrons. The number of rotatable bonds is 8. The van der Waals surface area contributed by atoms with E-state index in [0.717, 1.165) is 12.8 Å². The van der Waals surface area contributed by atoms with Crippen molar-refractivity contribution in [1.82, 2.24) is 5.32 Å². The molecule has 3 N–H and O–H groups in total. The Labute approximate surface area is 128 Å². The third-order valence-corrected chi connectivity index (χ3v) is 3.62. The van der Waals surface area contributed by atoms with Gasteiger partial charge in [-0.3, -0.25) is 4.79 Å². The summed E-state index contributed by atoms with van der Waals surface area (Å²) in [7, 11) is 0. The topological polar surface area (TPSA) is 64.3 Å². The SMILES string of the molecule is CCC(CC)C(N)CNC(=O)c1cccc(OC(C)C)c1. The predicted molar refractivity (Wildman–Crippen MR) is 86.6 cm³/mol. The molecule has 1 rings (SSSR count). The zero-order chi connectivity index (χ0) is 15.8. The second-order valence-corrected chi connectivity index (χ2v) is 5.64. The first-order chi connectivity index (χ1) is 9.97. The van der Waals surface area contributed by atoms with Gasteiger partial charge in [0.1, 0.15) is 5.75 Å². The molecule has 0 aliphatic heterocycles. The predicted octanol–water partition coefficient (Wildman–Crippen LogP) is 2.97. The molecule has 1 aromatic rings. The molecule has 21 heavy (non-hydrogen) atoms. The van der Waals surface area contributed by atoms with Gasteiger partial charge in [0.2, 0.25) is 0 Å². The van der Waals surface area contributed by atoms with Gasteiger partial charge in [0.25, 0.3) is 5.91 Å². The van der Waals surface area contributed by atoms with E-state index >= 15 is 0 Å². The van der Waals surface area contributed by atoms with Crippen LogP contribution >= 0.6 is 0 Å². The van der Waals surface area contributed by atoms with E-state index in [1.807, 2.05) is 26.0 Å². The summed E-state index contributed by atoms with van der Waals surface area (Å²) in [6.45, 7) is 8.67. The molecule has 118 valence electrons. The van der Waals surface area contributed by atoms with Crippen LogP contribution in [0.2, 0.25) is 0 Å². The van der Waals surface area contributed by atoms with E-state index in [1.54, 1.807) is 12.1 Å². The molecule has 4 heteroatoms. The molecule has 1 amide bonds. The fourth-order valence-electron chi connectivity index (χ4n) is 2.36. The van der Waals surface area contributed by atoms with E-state index in [-0.39, 0.29) is 18.1 Å². The standard InChI is InChI=1S/C17H28N2O2/c1-5-13(6-2)16(18)11-19-17(20)14-8-7-9-15(10-14)21-12(3)4/h7-10,12-13,16H,5-6,11,18H2,1-4H3,(H,19,20). The third kappa shape index (κ3) is 5.76. The first kappa shape index (κ1) is 17.5. The van der Waals surface area contributed by atoms with Gasteiger partial charge in [-0.25, -0.2) is 0 Å². The van der Waals surface area contributed by atoms with E-state index in [1.165, 1.54) is 0 Å². The van der Waals surface area contributed by atoms with Crippen molar-refractivity contribution in [2.75, 3.05) is 6.54 Å². The van der Waals surface area contributed by atoms with Gasteiger partial charge in [-0.15, -0.1) is 0 Å². The molecule has 0 aromatic heterocycles. The minimum Gasteiger partial charge on any atom is -0.491 e. The van der Waals surface area contributed by atoms with E-state index in [0.29, 0.717) is 23.8 Å². The van der Waals surface area contributed by atoms with Gasteiger partial charge in [0.05, 0.1) is 6.10 Å². The Morgan fingerprint density at radius 3 is 2.52 bits per heavy atom. The Hall–Kier alpha value is -1.55. The number of carbonyl (C=O) groups is 1. The Morgan fingerprint density at radius 2 is 1.95 bits per heavy atom. The number of nitrogens with two attached hydrogens (primary N) is 1. The second-order valence-electron chi connectivity index (χ2n) is 5.64. The molecular weight excluding hydrogens is 264 g/mol. The molecule has 0 bridgehead atoms. The fraction of sp³-hybridized carbons (Fsp3) is 0.588. The lowest BCUT2D eigenvalue weighted by Gasteiger charge is -2.21. The van der Waals surface area contributed by atoms with E-state index in [2.05, 4.69) is 19.2 Å². The highest BCUT2D eigenvalue weighted by Gasteiger charge is 2.15. The molecule has 0 spiro atoms. The lowest BCUT2D eigenvalue weighted by Crippen LogP contribution is -2.41. The van der Waals surface area contributed by atoms with Crippen LogP contribution < -0.4 is 15.8 Å². The average molecular weight is 292 g/mol. The highest BCUT2D eigenvalue weighted by atomic mass is 16.5. The largest absolute Gasteiger partial charge is 0.491 e. The normalized spacial score (nSPS) is 12.5. The van der Waals surface area contributed by atoms with E-state index < -0.39 is 0 Å². The maximum Gasteiger partial charge on any atom is 0.251 e. The molecule has 0 saturated carbocycles. The summed E-state index contributed by atoms with van der Waals surface area (Å²) in [4.78, 5) is 12.2. The first-order valence-electron chi connectivity index (χ1n) is 7.78. The summed E-state index contributed by atoms with van der Waals surface area (Å²) in [6, 6.07) is 7.22. The number of nitrogens with one attached hydrogen (secondary N) is 1. The molecule has 1 unspecified atom stereocenters. The monoisotopic (exact) mass is 292 g/mol. The van der Waals surface area contributed by atoms with Gasteiger partial charge in [-0.2, -0.15) is 0 Å². The van der Waals surface area contributed by atoms with Gasteiger partial charge >= 0.3 is 0 Å². The summed E-state index contributed by atoms with van der Waals surface area (Å²) in [6.07, 6.45) is 2.16. The molecule has 0 heterocycles. The molecule has 0 fully saturated rings. The second kappa shape index (κ2) is 8.67. The molecule has 1 aromatic carbocycles. The Morgan fingerprint density at radius 1 is 1.29 bits per heavy atom. The number of hydrogen-bond donors (Lipinski definition) is 2. The van der Waals surface area contributed by atoms with Gasteiger partial charge < -0.3 is 15.8 Å². The van der Waals surface area contributed by atoms with Crippen molar-refractivity contribution < 1.29 is 9.53 Å². The smallest absolute Gasteiger partial charge is 0.251 e. The summed E-state index contributed by atoms with van der Waals surface area (Å²) < 4.78 is 5.60. The van der Waals surface area contributed by atoms with Crippen LogP contribution in [0.3, 0.4) is 0 Å². The number of ether oxygens (including phenoxy) is 1. The molecule has 0 saturated heterocycles. The quantitative estimate of drug-likeness (QED) is 0.774. The third-order valence-electron chi connectivity index (χ3n) is 3.62. The lowest BCUT2D eigenvalue weighted by atomic mass is 9.95. The van der Waals surface area contributed by atoms with Crippen LogP contribution in [0.5, 0.6) is 5.75 Å². The highest BCUT2D eigenvalue weighted by molar-refractivity contribution is 5.94. The summed E-state index contributed by atoms with van der Waals surface area (Å²) in [5.74, 6) is 1.05. The van der Waals surface area contributed by atoms with Crippen LogP contribution in [-0.2, 0) is 0 Å². The highest BCUT2D eigenvalue weighted by Crippen LogP contribution is 2.15. The fourth-order valence-corrected chi connectivity index (χ4v) is 2.36. The Bertz CT molecular complexity index is 442. The van der Waals surface area contributed by atoms with E-state index in [4.69, 9.17) is 10.5 Å². The molecule has 1 atom stereocenters. The number of amides is 1. The average Bonchev–Trinajstić information content (AvgIpc) is 2.45. The zero-order valence-corrected chi connectivity index (χ0v) is 13.6. The van der Waals surface area contributed by atoms with Crippen LogP contribution in [0.25, 0.3) is 0 Å². The van der Waals surface area contributed by atoms with Gasteiger partial charge in [0, 0.05) is 18.2 Å². The van der Waals surface area contributed by atoms with Gasteiger partial charge in [-0.05, 0) is 38.0 Å². The van der Waals surface area contributed by atoms with Crippen molar-refractivity contribution in [1.29, 1.82) is 0 Å². The van der Waals surface area contributed by atoms with E-state index in [9.17, 15) is 4.79 Å². The van der Waals surface area contributed by atoms with Gasteiger partial charge in [0.15, 0.2) is 0 Å². The lowest BCUT2D eigenvalue weighted by molar-refractivity contribution is 0.0947. The first-order valence-corrected chi connectivity index (χ1v) is 7.78. The van der Waals surface area contributed by atoms with Crippen molar-refractivity contribution in [3.05, 3.63) is 29.8 Å². The van der Waals surface area contributed by atoms with Crippen molar-refractivity contribution >= 4 is 5.91 Å². The van der Waals surface area contributed by atoms with Gasteiger partial charge in [-0.1, -0.05) is 32.8 Å². The van der Waals surface area contributed by atoms with Crippen LogP contribution in [-0.4, -0.2) is 24.6 Å². The molecular formula is C17H28N2O2. The van der Waals surface area contributed by atoms with Crippen LogP contribution in [0, 0.1) is 5.92 Å². The zero-order valence-electron chi connectivity index (χ0n) is 13.6. The number of hydrogen-bond acceptors (Lipinski definition) is 3. The van der Waals surface area contributed by atoms with Crippen LogP contribution in [0.15, 0.2) is 24.3 Å². The number of benzene rings is 1. The maximum atomic E-state index is 12.2. The van der Waals surface area contributed by atoms with Crippen molar-refractivity contribution in [2.24, 2.45) is 11.7 Å². The maximum absolute atomic E-state index is 12.2. The van der Waals surface area contributed by atoms with Crippen molar-refractivity contribution in [3.63, 3.8) is 0 Å². The van der Waals surface area contributed by atoms with Crippen LogP contribution in [0.1, 0.15) is 50.9 Å². The van der Waals surface area contributed by atoms with Crippen molar-refractivity contribution in [3.8, 4) is 5.75 Å². The summed E-state index contributed by atoms with van der Waals surface area (Å²) in [5, 5.41) is 2.91. The van der Waals surface area contributed by atoms with Crippen molar-refractivity contribution in [2.45, 2.75) is 52.7 Å². The Balaban J connectivity index is 2.59. The Kier molecular flexibility index (Phi) is 7.23. The minimum absolute atomic E-state index is 0.000883. The summed E-state index contributed by atoms with van der Waals surface area (Å²) >= 11 is 0. The minimum atomic E-state index is -0.106. The molecule has 0 aliphatic rings. The molecule has 0 aliphatic carbocycles. The number of carbonyl (C=O) groups excluding carboxylic acids is 1.